The first-order valence-corrected chi connectivity index (χ1v) is 8.75. The third-order valence-electron chi connectivity index (χ3n) is 4.01. The van der Waals surface area contributed by atoms with E-state index in [1.807, 2.05) is 24.3 Å². The summed E-state index contributed by atoms with van der Waals surface area (Å²) in [5.41, 5.74) is 3.11. The summed E-state index contributed by atoms with van der Waals surface area (Å²) in [7, 11) is 0. The number of carbonyl (C=O) groups excluding carboxylic acids is 2. The SMILES string of the molecule is CCOC(=O)c1cn2c(-c3ccc(NC(=O)CCC(=O)O)cc3)cccc2n1. The summed E-state index contributed by atoms with van der Waals surface area (Å²) in [6.45, 7) is 2.01. The van der Waals surface area contributed by atoms with E-state index in [1.54, 1.807) is 35.7 Å². The van der Waals surface area contributed by atoms with Gasteiger partial charge in [0.2, 0.25) is 5.91 Å². The summed E-state index contributed by atoms with van der Waals surface area (Å²) < 4.78 is 6.80. The number of rotatable bonds is 7. The molecule has 0 radical (unpaired) electrons. The minimum absolute atomic E-state index is 0.0813. The number of carboxylic acids is 1. The molecule has 0 aliphatic carbocycles. The number of fused-ring (bicyclic) bond motifs is 1. The fourth-order valence-corrected chi connectivity index (χ4v) is 2.72. The molecule has 0 bridgehead atoms. The van der Waals surface area contributed by atoms with Crippen LogP contribution in [0.1, 0.15) is 30.3 Å². The topological polar surface area (TPSA) is 110 Å². The Kier molecular flexibility index (Phi) is 5.69. The van der Waals surface area contributed by atoms with Crippen LogP contribution in [0.3, 0.4) is 0 Å². The summed E-state index contributed by atoms with van der Waals surface area (Å²) in [5.74, 6) is -1.84. The number of benzene rings is 1. The number of carboxylic acid groups (broad SMARTS) is 1. The molecule has 0 saturated heterocycles. The first kappa shape index (κ1) is 19.1. The van der Waals surface area contributed by atoms with Crippen molar-refractivity contribution in [2.45, 2.75) is 19.8 Å². The van der Waals surface area contributed by atoms with Crippen LogP contribution < -0.4 is 5.32 Å². The molecule has 0 aliphatic rings. The molecular formula is C20H19N3O5. The highest BCUT2D eigenvalue weighted by Gasteiger charge is 2.14. The Balaban J connectivity index is 1.81. The van der Waals surface area contributed by atoms with E-state index < -0.39 is 11.9 Å². The monoisotopic (exact) mass is 381 g/mol. The molecule has 144 valence electrons. The van der Waals surface area contributed by atoms with Gasteiger partial charge in [-0.15, -0.1) is 0 Å². The van der Waals surface area contributed by atoms with Gasteiger partial charge in [-0.1, -0.05) is 18.2 Å². The Morgan fingerprint density at radius 1 is 1.11 bits per heavy atom. The normalized spacial score (nSPS) is 10.6. The van der Waals surface area contributed by atoms with Crippen LogP contribution in [0.4, 0.5) is 5.69 Å². The van der Waals surface area contributed by atoms with Gasteiger partial charge in [0.25, 0.3) is 0 Å². The largest absolute Gasteiger partial charge is 0.481 e. The van der Waals surface area contributed by atoms with Gasteiger partial charge in [-0.2, -0.15) is 0 Å². The molecule has 2 aromatic heterocycles. The number of pyridine rings is 1. The van der Waals surface area contributed by atoms with E-state index in [2.05, 4.69) is 10.3 Å². The molecule has 0 saturated carbocycles. The molecule has 0 aliphatic heterocycles. The fourth-order valence-electron chi connectivity index (χ4n) is 2.72. The number of amides is 1. The molecule has 8 heteroatoms. The number of imidazole rings is 1. The summed E-state index contributed by atoms with van der Waals surface area (Å²) in [6, 6.07) is 12.6. The molecule has 0 spiro atoms. The van der Waals surface area contributed by atoms with Gasteiger partial charge in [-0.25, -0.2) is 9.78 Å². The molecule has 28 heavy (non-hydrogen) atoms. The highest BCUT2D eigenvalue weighted by Crippen LogP contribution is 2.23. The van der Waals surface area contributed by atoms with Crippen LogP contribution in [0.15, 0.2) is 48.7 Å². The van der Waals surface area contributed by atoms with Crippen molar-refractivity contribution in [1.82, 2.24) is 9.38 Å². The number of ether oxygens (including phenoxy) is 1. The van der Waals surface area contributed by atoms with Crippen LogP contribution in [-0.4, -0.2) is 38.9 Å². The molecule has 1 aromatic carbocycles. The Bertz CT molecular complexity index is 1020. The Morgan fingerprint density at radius 2 is 1.86 bits per heavy atom. The lowest BCUT2D eigenvalue weighted by molar-refractivity contribution is -0.138. The molecule has 0 atom stereocenters. The van der Waals surface area contributed by atoms with E-state index in [4.69, 9.17) is 9.84 Å². The molecular weight excluding hydrogens is 362 g/mol. The molecule has 2 N–H and O–H groups in total. The van der Waals surface area contributed by atoms with Crippen molar-refractivity contribution in [2.75, 3.05) is 11.9 Å². The maximum Gasteiger partial charge on any atom is 0.358 e. The number of anilines is 1. The zero-order chi connectivity index (χ0) is 20.1. The van der Waals surface area contributed by atoms with E-state index in [0.29, 0.717) is 11.3 Å². The van der Waals surface area contributed by atoms with E-state index in [1.165, 1.54) is 0 Å². The number of carbonyl (C=O) groups is 3. The zero-order valence-corrected chi connectivity index (χ0v) is 15.2. The van der Waals surface area contributed by atoms with Crippen molar-refractivity contribution in [3.63, 3.8) is 0 Å². The predicted octanol–water partition coefficient (Wildman–Crippen LogP) is 2.98. The minimum atomic E-state index is -1.01. The first-order valence-electron chi connectivity index (χ1n) is 8.75. The zero-order valence-electron chi connectivity index (χ0n) is 15.2. The smallest absolute Gasteiger partial charge is 0.358 e. The van der Waals surface area contributed by atoms with Crippen LogP contribution in [0.25, 0.3) is 16.9 Å². The van der Waals surface area contributed by atoms with Crippen molar-refractivity contribution in [2.24, 2.45) is 0 Å². The van der Waals surface area contributed by atoms with E-state index in [-0.39, 0.29) is 31.0 Å². The summed E-state index contributed by atoms with van der Waals surface area (Å²) in [5, 5.41) is 11.3. The van der Waals surface area contributed by atoms with E-state index in [0.717, 1.165) is 11.3 Å². The maximum absolute atomic E-state index is 11.9. The first-order chi connectivity index (χ1) is 13.5. The van der Waals surface area contributed by atoms with Gasteiger partial charge in [0, 0.05) is 18.3 Å². The lowest BCUT2D eigenvalue weighted by atomic mass is 10.1. The number of esters is 1. The van der Waals surface area contributed by atoms with Gasteiger partial charge in [-0.3, -0.25) is 14.0 Å². The maximum atomic E-state index is 11.9. The number of hydrogen-bond acceptors (Lipinski definition) is 5. The van der Waals surface area contributed by atoms with Crippen molar-refractivity contribution in [1.29, 1.82) is 0 Å². The second-order valence-corrected chi connectivity index (χ2v) is 6.01. The highest BCUT2D eigenvalue weighted by molar-refractivity contribution is 5.92. The number of aliphatic carboxylic acids is 1. The highest BCUT2D eigenvalue weighted by atomic mass is 16.5. The molecule has 8 nitrogen and oxygen atoms in total. The summed E-state index contributed by atoms with van der Waals surface area (Å²) in [4.78, 5) is 38.5. The van der Waals surface area contributed by atoms with E-state index in [9.17, 15) is 14.4 Å². The van der Waals surface area contributed by atoms with E-state index >= 15 is 0 Å². The molecule has 0 unspecified atom stereocenters. The molecule has 3 rings (SSSR count). The second kappa shape index (κ2) is 8.34. The fraction of sp³-hybridized carbons (Fsp3) is 0.200. The number of nitrogens with one attached hydrogen (secondary N) is 1. The van der Waals surface area contributed by atoms with Crippen LogP contribution in [0, 0.1) is 0 Å². The average molecular weight is 381 g/mol. The van der Waals surface area contributed by atoms with Crippen molar-refractivity contribution < 1.29 is 24.2 Å². The number of aromatic nitrogens is 2. The van der Waals surface area contributed by atoms with Gasteiger partial charge >= 0.3 is 11.9 Å². The Morgan fingerprint density at radius 3 is 2.54 bits per heavy atom. The van der Waals surface area contributed by atoms with Crippen LogP contribution in [0.5, 0.6) is 0 Å². The Labute approximate surface area is 160 Å². The lowest BCUT2D eigenvalue weighted by Crippen LogP contribution is -2.13. The number of nitrogens with zero attached hydrogens (tertiary/aromatic N) is 2. The van der Waals surface area contributed by atoms with Gasteiger partial charge in [0.05, 0.1) is 18.7 Å². The number of hydrogen-bond donors (Lipinski definition) is 2. The summed E-state index contributed by atoms with van der Waals surface area (Å²) >= 11 is 0. The quantitative estimate of drug-likeness (QED) is 0.609. The second-order valence-electron chi connectivity index (χ2n) is 6.01. The lowest BCUT2D eigenvalue weighted by Gasteiger charge is -2.08. The minimum Gasteiger partial charge on any atom is -0.481 e. The third kappa shape index (κ3) is 4.35. The van der Waals surface area contributed by atoms with Crippen molar-refractivity contribution in [3.8, 4) is 11.3 Å². The third-order valence-corrected chi connectivity index (χ3v) is 4.01. The van der Waals surface area contributed by atoms with Crippen molar-refractivity contribution >= 4 is 29.2 Å². The summed E-state index contributed by atoms with van der Waals surface area (Å²) in [6.07, 6.45) is 1.33. The van der Waals surface area contributed by atoms with Crippen molar-refractivity contribution in [3.05, 3.63) is 54.4 Å². The average Bonchev–Trinajstić information content (AvgIpc) is 3.12. The van der Waals surface area contributed by atoms with Gasteiger partial charge in [-0.05, 0) is 36.8 Å². The standard InChI is InChI=1S/C20H19N3O5/c1-2-28-20(27)15-12-23-16(4-3-5-17(23)22-15)13-6-8-14(9-7-13)21-18(24)10-11-19(25)26/h3-9,12H,2,10-11H2,1H3,(H,21,24)(H,25,26). The molecule has 2 heterocycles. The van der Waals surface area contributed by atoms with Gasteiger partial charge in [0.1, 0.15) is 5.65 Å². The Hall–Kier alpha value is -3.68. The van der Waals surface area contributed by atoms with Gasteiger partial charge in [0.15, 0.2) is 5.69 Å². The molecule has 3 aromatic rings. The van der Waals surface area contributed by atoms with Crippen LogP contribution in [0.2, 0.25) is 0 Å². The predicted molar refractivity (Wildman–Crippen MR) is 102 cm³/mol. The molecule has 1 amide bonds. The van der Waals surface area contributed by atoms with Gasteiger partial charge < -0.3 is 15.2 Å². The molecule has 0 fully saturated rings. The van der Waals surface area contributed by atoms with Crippen LogP contribution >= 0.6 is 0 Å². The van der Waals surface area contributed by atoms with Crippen LogP contribution in [-0.2, 0) is 14.3 Å².